The minimum Gasteiger partial charge on any atom is -0.476 e. The van der Waals surface area contributed by atoms with E-state index < -0.39 is 5.97 Å². The monoisotopic (exact) mass is 264 g/mol. The summed E-state index contributed by atoms with van der Waals surface area (Å²) in [7, 11) is 0. The molecule has 0 atom stereocenters. The number of carbonyl (C=O) groups is 1. The summed E-state index contributed by atoms with van der Waals surface area (Å²) in [4.78, 5) is 18.0. The highest BCUT2D eigenvalue weighted by atomic mass is 32.1. The second-order valence-electron chi connectivity index (χ2n) is 3.62. The molecule has 86 valence electrons. The number of nitrogens with zero attached hydrogens (tertiary/aromatic N) is 2. The van der Waals surface area contributed by atoms with Crippen LogP contribution < -0.4 is 0 Å². The second-order valence-corrected chi connectivity index (χ2v) is 5.74. The number of aromatic carboxylic acids is 1. The Morgan fingerprint density at radius 3 is 2.94 bits per heavy atom. The summed E-state index contributed by atoms with van der Waals surface area (Å²) in [6, 6.07) is 4.10. The molecule has 0 fully saturated rings. The molecule has 0 bridgehead atoms. The van der Waals surface area contributed by atoms with Crippen LogP contribution in [0.5, 0.6) is 0 Å². The van der Waals surface area contributed by atoms with E-state index in [1.165, 1.54) is 16.2 Å². The average molecular weight is 264 g/mol. The number of carboxylic acid groups (broad SMARTS) is 1. The van der Waals surface area contributed by atoms with Gasteiger partial charge in [-0.2, -0.15) is 0 Å². The molecule has 0 aliphatic carbocycles. The molecule has 0 amide bonds. The van der Waals surface area contributed by atoms with E-state index in [-0.39, 0.29) is 5.69 Å². The Bertz CT molecular complexity index is 708. The lowest BCUT2D eigenvalue weighted by atomic mass is 10.3. The van der Waals surface area contributed by atoms with Crippen LogP contribution in [-0.2, 0) is 0 Å². The molecule has 0 unspecified atom stereocenters. The number of thiophene rings is 1. The zero-order valence-electron chi connectivity index (χ0n) is 8.88. The van der Waals surface area contributed by atoms with Gasteiger partial charge in [-0.3, -0.25) is 4.40 Å². The zero-order chi connectivity index (χ0) is 12.0. The van der Waals surface area contributed by atoms with Crippen LogP contribution in [0.4, 0.5) is 0 Å². The summed E-state index contributed by atoms with van der Waals surface area (Å²) in [6.07, 6.45) is 1.57. The molecule has 3 heterocycles. The maximum Gasteiger partial charge on any atom is 0.356 e. The molecule has 0 radical (unpaired) electrons. The number of fused-ring (bicyclic) bond motifs is 1. The summed E-state index contributed by atoms with van der Waals surface area (Å²) in [5, 5.41) is 10.9. The first-order valence-corrected chi connectivity index (χ1v) is 6.61. The topological polar surface area (TPSA) is 54.6 Å². The van der Waals surface area contributed by atoms with E-state index >= 15 is 0 Å². The third-order valence-corrected chi connectivity index (χ3v) is 4.28. The summed E-state index contributed by atoms with van der Waals surface area (Å²) >= 11 is 3.14. The number of aryl methyl sites for hydroxylation is 1. The minimum atomic E-state index is -0.991. The summed E-state index contributed by atoms with van der Waals surface area (Å²) in [6.45, 7) is 2.05. The lowest BCUT2D eigenvalue weighted by Crippen LogP contribution is -1.95. The normalized spacial score (nSPS) is 11.1. The van der Waals surface area contributed by atoms with E-state index in [0.29, 0.717) is 4.96 Å². The first kappa shape index (κ1) is 10.5. The van der Waals surface area contributed by atoms with Crippen molar-refractivity contribution in [1.29, 1.82) is 0 Å². The van der Waals surface area contributed by atoms with E-state index in [0.717, 1.165) is 10.6 Å². The summed E-state index contributed by atoms with van der Waals surface area (Å²) in [5.74, 6) is -0.991. The quantitative estimate of drug-likeness (QED) is 0.773. The second kappa shape index (κ2) is 3.68. The number of imidazole rings is 1. The standard InChI is InChI=1S/C11H8N2O2S2/c1-6-2-3-9(17-6)8-5-16-11-12-7(10(14)15)4-13(8)11/h2-5H,1H3,(H,14,15). The Morgan fingerprint density at radius 1 is 1.47 bits per heavy atom. The number of aromatic nitrogens is 2. The minimum absolute atomic E-state index is 0.0892. The van der Waals surface area contributed by atoms with Crippen LogP contribution in [0.3, 0.4) is 0 Å². The molecule has 0 aromatic carbocycles. The van der Waals surface area contributed by atoms with Crippen LogP contribution in [-0.4, -0.2) is 20.5 Å². The highest BCUT2D eigenvalue weighted by molar-refractivity contribution is 7.17. The van der Waals surface area contributed by atoms with E-state index in [1.807, 2.05) is 22.8 Å². The van der Waals surface area contributed by atoms with Crippen LogP contribution in [0.15, 0.2) is 23.7 Å². The fourth-order valence-electron chi connectivity index (χ4n) is 1.64. The molecular formula is C11H8N2O2S2. The zero-order valence-corrected chi connectivity index (χ0v) is 10.5. The molecule has 0 saturated carbocycles. The lowest BCUT2D eigenvalue weighted by Gasteiger charge is -1.93. The number of carboxylic acids is 1. The van der Waals surface area contributed by atoms with Crippen molar-refractivity contribution in [3.63, 3.8) is 0 Å². The van der Waals surface area contributed by atoms with Gasteiger partial charge in [0, 0.05) is 16.5 Å². The van der Waals surface area contributed by atoms with Gasteiger partial charge in [0.25, 0.3) is 0 Å². The Kier molecular flexibility index (Phi) is 2.27. The van der Waals surface area contributed by atoms with Crippen molar-refractivity contribution in [3.05, 3.63) is 34.3 Å². The number of thiazole rings is 1. The van der Waals surface area contributed by atoms with Crippen molar-refractivity contribution >= 4 is 33.6 Å². The van der Waals surface area contributed by atoms with Gasteiger partial charge in [0.05, 0.1) is 10.6 Å². The molecule has 0 aliphatic rings. The highest BCUT2D eigenvalue weighted by Gasteiger charge is 2.14. The number of hydrogen-bond donors (Lipinski definition) is 1. The largest absolute Gasteiger partial charge is 0.476 e. The van der Waals surface area contributed by atoms with Gasteiger partial charge >= 0.3 is 5.97 Å². The third-order valence-electron chi connectivity index (χ3n) is 2.42. The molecule has 0 saturated heterocycles. The Morgan fingerprint density at radius 2 is 2.29 bits per heavy atom. The van der Waals surface area contributed by atoms with E-state index in [1.54, 1.807) is 17.5 Å². The van der Waals surface area contributed by atoms with Gasteiger partial charge in [0.15, 0.2) is 10.7 Å². The van der Waals surface area contributed by atoms with Gasteiger partial charge < -0.3 is 5.11 Å². The number of hydrogen-bond acceptors (Lipinski definition) is 4. The maximum absolute atomic E-state index is 10.9. The average Bonchev–Trinajstić information content (AvgIpc) is 2.90. The van der Waals surface area contributed by atoms with Gasteiger partial charge in [-0.05, 0) is 19.1 Å². The predicted octanol–water partition coefficient (Wildman–Crippen LogP) is 3.13. The molecule has 3 rings (SSSR count). The molecule has 0 aliphatic heterocycles. The summed E-state index contributed by atoms with van der Waals surface area (Å²) < 4.78 is 1.83. The fraction of sp³-hybridized carbons (Fsp3) is 0.0909. The van der Waals surface area contributed by atoms with Crippen molar-refractivity contribution < 1.29 is 9.90 Å². The summed E-state index contributed by atoms with van der Waals surface area (Å²) in [5.41, 5.74) is 1.09. The molecule has 4 nitrogen and oxygen atoms in total. The maximum atomic E-state index is 10.9. The Hall–Kier alpha value is -1.66. The molecule has 3 aromatic rings. The van der Waals surface area contributed by atoms with E-state index in [2.05, 4.69) is 11.1 Å². The smallest absolute Gasteiger partial charge is 0.356 e. The SMILES string of the molecule is Cc1ccc(-c2csc3nc(C(=O)O)cn23)s1. The van der Waals surface area contributed by atoms with Crippen LogP contribution in [0.25, 0.3) is 15.5 Å². The third kappa shape index (κ3) is 1.65. The Labute approximate surface area is 105 Å². The molecule has 0 spiro atoms. The van der Waals surface area contributed by atoms with Crippen LogP contribution >= 0.6 is 22.7 Å². The first-order chi connectivity index (χ1) is 8.15. The molecule has 17 heavy (non-hydrogen) atoms. The fourth-order valence-corrected chi connectivity index (χ4v) is 3.47. The first-order valence-electron chi connectivity index (χ1n) is 4.92. The molecule has 3 aromatic heterocycles. The van der Waals surface area contributed by atoms with Crippen molar-refractivity contribution in [2.24, 2.45) is 0 Å². The van der Waals surface area contributed by atoms with Crippen LogP contribution in [0.2, 0.25) is 0 Å². The van der Waals surface area contributed by atoms with Gasteiger partial charge in [0.2, 0.25) is 0 Å². The predicted molar refractivity (Wildman–Crippen MR) is 68.1 cm³/mol. The van der Waals surface area contributed by atoms with Crippen molar-refractivity contribution in [2.75, 3.05) is 0 Å². The van der Waals surface area contributed by atoms with E-state index in [9.17, 15) is 4.79 Å². The molecular weight excluding hydrogens is 256 g/mol. The van der Waals surface area contributed by atoms with Crippen molar-refractivity contribution in [2.45, 2.75) is 6.92 Å². The Balaban J connectivity index is 2.20. The molecule has 1 N–H and O–H groups in total. The lowest BCUT2D eigenvalue weighted by molar-refractivity contribution is 0.0691. The van der Waals surface area contributed by atoms with Gasteiger partial charge in [-0.1, -0.05) is 0 Å². The highest BCUT2D eigenvalue weighted by Crippen LogP contribution is 2.31. The van der Waals surface area contributed by atoms with Gasteiger partial charge in [-0.25, -0.2) is 9.78 Å². The van der Waals surface area contributed by atoms with Crippen LogP contribution in [0, 0.1) is 6.92 Å². The van der Waals surface area contributed by atoms with Crippen molar-refractivity contribution in [1.82, 2.24) is 9.38 Å². The van der Waals surface area contributed by atoms with Crippen LogP contribution in [0.1, 0.15) is 15.4 Å². The van der Waals surface area contributed by atoms with Crippen molar-refractivity contribution in [3.8, 4) is 10.6 Å². The van der Waals surface area contributed by atoms with E-state index in [4.69, 9.17) is 5.11 Å². The molecule has 6 heteroatoms. The van der Waals surface area contributed by atoms with Gasteiger partial charge in [0.1, 0.15) is 0 Å². The number of rotatable bonds is 2. The van der Waals surface area contributed by atoms with Gasteiger partial charge in [-0.15, -0.1) is 22.7 Å².